The van der Waals surface area contributed by atoms with E-state index in [0.29, 0.717) is 10.6 Å². The molecule has 1 aromatic heterocycles. The maximum absolute atomic E-state index is 12.4. The SMILES string of the molecule is O=S(=O)(NC1COc2ccccc21)c1ccsc1CO. The summed E-state index contributed by atoms with van der Waals surface area (Å²) in [5.41, 5.74) is 0.830. The van der Waals surface area contributed by atoms with E-state index in [-0.39, 0.29) is 18.1 Å². The molecule has 2 aromatic rings. The number of benzene rings is 1. The van der Waals surface area contributed by atoms with Crippen LogP contribution in [0.2, 0.25) is 0 Å². The van der Waals surface area contributed by atoms with E-state index in [1.807, 2.05) is 24.3 Å². The Labute approximate surface area is 120 Å². The topological polar surface area (TPSA) is 75.6 Å². The van der Waals surface area contributed by atoms with Crippen molar-refractivity contribution < 1.29 is 18.3 Å². The van der Waals surface area contributed by atoms with Gasteiger partial charge in [-0.2, -0.15) is 0 Å². The molecule has 1 aliphatic rings. The molecule has 1 unspecified atom stereocenters. The molecule has 0 radical (unpaired) electrons. The zero-order chi connectivity index (χ0) is 14.2. The van der Waals surface area contributed by atoms with Crippen LogP contribution in [0.1, 0.15) is 16.5 Å². The number of thiophene rings is 1. The van der Waals surface area contributed by atoms with Gasteiger partial charge >= 0.3 is 0 Å². The molecule has 2 heterocycles. The van der Waals surface area contributed by atoms with Crippen molar-refractivity contribution in [2.45, 2.75) is 17.5 Å². The first-order valence-corrected chi connectivity index (χ1v) is 8.39. The van der Waals surface area contributed by atoms with Crippen molar-refractivity contribution in [1.82, 2.24) is 4.72 Å². The average molecular weight is 311 g/mol. The third-order valence-corrected chi connectivity index (χ3v) is 5.73. The van der Waals surface area contributed by atoms with E-state index < -0.39 is 16.1 Å². The molecule has 0 spiro atoms. The Morgan fingerprint density at radius 3 is 2.95 bits per heavy atom. The molecule has 3 rings (SSSR count). The molecule has 0 bridgehead atoms. The van der Waals surface area contributed by atoms with Crippen molar-refractivity contribution >= 4 is 21.4 Å². The summed E-state index contributed by atoms with van der Waals surface area (Å²) in [6.45, 7) is -0.0111. The van der Waals surface area contributed by atoms with Gasteiger partial charge in [0.2, 0.25) is 10.0 Å². The molecular weight excluding hydrogens is 298 g/mol. The van der Waals surface area contributed by atoms with Gasteiger partial charge in [0.15, 0.2) is 0 Å². The third kappa shape index (κ3) is 2.33. The van der Waals surface area contributed by atoms with Gasteiger partial charge in [-0.25, -0.2) is 13.1 Å². The fraction of sp³-hybridized carbons (Fsp3) is 0.231. The van der Waals surface area contributed by atoms with Crippen LogP contribution in [0.15, 0.2) is 40.6 Å². The number of sulfonamides is 1. The first kappa shape index (κ1) is 13.6. The molecule has 0 saturated carbocycles. The van der Waals surface area contributed by atoms with Crippen molar-refractivity contribution in [3.05, 3.63) is 46.2 Å². The van der Waals surface area contributed by atoms with E-state index in [4.69, 9.17) is 4.74 Å². The number of aliphatic hydroxyl groups is 1. The highest BCUT2D eigenvalue weighted by Gasteiger charge is 2.29. The van der Waals surface area contributed by atoms with Gasteiger partial charge in [-0.3, -0.25) is 0 Å². The van der Waals surface area contributed by atoms with Gasteiger partial charge in [0.05, 0.1) is 17.5 Å². The predicted molar refractivity (Wildman–Crippen MR) is 75.2 cm³/mol. The minimum Gasteiger partial charge on any atom is -0.491 e. The quantitative estimate of drug-likeness (QED) is 0.900. The smallest absolute Gasteiger partial charge is 0.242 e. The summed E-state index contributed by atoms with van der Waals surface area (Å²) in [7, 11) is -3.67. The van der Waals surface area contributed by atoms with Gasteiger partial charge in [-0.05, 0) is 17.5 Å². The number of ether oxygens (including phenoxy) is 1. The Hall–Kier alpha value is -1.41. The highest BCUT2D eigenvalue weighted by Crippen LogP contribution is 2.33. The summed E-state index contributed by atoms with van der Waals surface area (Å²) >= 11 is 1.22. The van der Waals surface area contributed by atoms with Crippen LogP contribution < -0.4 is 9.46 Å². The molecule has 20 heavy (non-hydrogen) atoms. The number of aliphatic hydroxyl groups excluding tert-OH is 1. The van der Waals surface area contributed by atoms with Gasteiger partial charge in [-0.1, -0.05) is 18.2 Å². The summed E-state index contributed by atoms with van der Waals surface area (Å²) in [4.78, 5) is 0.569. The van der Waals surface area contributed by atoms with Crippen LogP contribution in [0.5, 0.6) is 5.75 Å². The second-order valence-electron chi connectivity index (χ2n) is 4.39. The summed E-state index contributed by atoms with van der Waals surface area (Å²) in [6.07, 6.45) is 0. The molecule has 1 atom stereocenters. The van der Waals surface area contributed by atoms with E-state index in [2.05, 4.69) is 4.72 Å². The standard InChI is InChI=1S/C13H13NO4S2/c15-7-12-13(5-6-19-12)20(16,17)14-10-8-18-11-4-2-1-3-9(10)11/h1-6,10,14-15H,7-8H2. The molecule has 106 valence electrons. The normalized spacial score (nSPS) is 17.8. The van der Waals surface area contributed by atoms with E-state index in [0.717, 1.165) is 5.56 Å². The van der Waals surface area contributed by atoms with Gasteiger partial charge in [0.25, 0.3) is 0 Å². The van der Waals surface area contributed by atoms with Crippen LogP contribution in [0.4, 0.5) is 0 Å². The maximum Gasteiger partial charge on any atom is 0.242 e. The largest absolute Gasteiger partial charge is 0.491 e. The Balaban J connectivity index is 1.89. The highest BCUT2D eigenvalue weighted by molar-refractivity contribution is 7.89. The molecule has 1 aromatic carbocycles. The number of fused-ring (bicyclic) bond motifs is 1. The molecule has 5 nitrogen and oxygen atoms in total. The maximum atomic E-state index is 12.4. The van der Waals surface area contributed by atoms with Crippen molar-refractivity contribution in [2.24, 2.45) is 0 Å². The van der Waals surface area contributed by atoms with E-state index >= 15 is 0 Å². The summed E-state index contributed by atoms with van der Waals surface area (Å²) in [5, 5.41) is 10.8. The monoisotopic (exact) mass is 311 g/mol. The Morgan fingerprint density at radius 2 is 2.15 bits per heavy atom. The summed E-state index contributed by atoms with van der Waals surface area (Å²) in [6, 6.07) is 8.45. The van der Waals surface area contributed by atoms with Gasteiger partial charge in [0, 0.05) is 10.4 Å². The molecular formula is C13H13NO4S2. The van der Waals surface area contributed by atoms with Crippen molar-refractivity contribution in [1.29, 1.82) is 0 Å². The minimum absolute atomic E-state index is 0.134. The lowest BCUT2D eigenvalue weighted by Crippen LogP contribution is -2.29. The fourth-order valence-corrected chi connectivity index (χ4v) is 4.69. The van der Waals surface area contributed by atoms with Crippen LogP contribution in [0.25, 0.3) is 0 Å². The lowest BCUT2D eigenvalue weighted by molar-refractivity contribution is 0.282. The molecule has 0 saturated heterocycles. The number of nitrogens with one attached hydrogen (secondary N) is 1. The third-order valence-electron chi connectivity index (χ3n) is 3.14. The predicted octanol–water partition coefficient (Wildman–Crippen LogP) is 1.65. The highest BCUT2D eigenvalue weighted by atomic mass is 32.2. The molecule has 7 heteroatoms. The first-order chi connectivity index (χ1) is 9.62. The van der Waals surface area contributed by atoms with Crippen LogP contribution >= 0.6 is 11.3 Å². The van der Waals surface area contributed by atoms with Crippen molar-refractivity contribution in [2.75, 3.05) is 6.61 Å². The van der Waals surface area contributed by atoms with E-state index in [1.54, 1.807) is 5.38 Å². The van der Waals surface area contributed by atoms with Gasteiger partial charge in [0.1, 0.15) is 12.4 Å². The average Bonchev–Trinajstić information content (AvgIpc) is 3.06. The van der Waals surface area contributed by atoms with Gasteiger partial charge < -0.3 is 9.84 Å². The second-order valence-corrected chi connectivity index (χ2v) is 7.07. The summed E-state index contributed by atoms with van der Waals surface area (Å²) < 4.78 is 32.8. The fourth-order valence-electron chi connectivity index (χ4n) is 2.19. The van der Waals surface area contributed by atoms with Crippen LogP contribution in [0, 0.1) is 0 Å². The summed E-state index contributed by atoms with van der Waals surface area (Å²) in [5.74, 6) is 0.702. The van der Waals surface area contributed by atoms with Crippen LogP contribution in [-0.2, 0) is 16.6 Å². The van der Waals surface area contributed by atoms with Crippen molar-refractivity contribution in [3.8, 4) is 5.75 Å². The molecule has 1 aliphatic heterocycles. The molecule has 0 amide bonds. The van der Waals surface area contributed by atoms with Crippen LogP contribution in [-0.4, -0.2) is 20.1 Å². The molecule has 0 aliphatic carbocycles. The zero-order valence-corrected chi connectivity index (χ0v) is 12.1. The van der Waals surface area contributed by atoms with E-state index in [1.165, 1.54) is 17.4 Å². The van der Waals surface area contributed by atoms with E-state index in [9.17, 15) is 13.5 Å². The minimum atomic E-state index is -3.67. The Bertz CT molecular complexity index is 723. The second kappa shape index (κ2) is 5.17. The Morgan fingerprint density at radius 1 is 1.35 bits per heavy atom. The number of hydrogen-bond acceptors (Lipinski definition) is 5. The van der Waals surface area contributed by atoms with Crippen LogP contribution in [0.3, 0.4) is 0 Å². The lowest BCUT2D eigenvalue weighted by Gasteiger charge is -2.12. The number of para-hydroxylation sites is 1. The van der Waals surface area contributed by atoms with Crippen molar-refractivity contribution in [3.63, 3.8) is 0 Å². The Kier molecular flexibility index (Phi) is 3.51. The molecule has 0 fully saturated rings. The lowest BCUT2D eigenvalue weighted by atomic mass is 10.1. The number of hydrogen-bond donors (Lipinski definition) is 2. The number of rotatable bonds is 4. The van der Waals surface area contributed by atoms with Gasteiger partial charge in [-0.15, -0.1) is 11.3 Å². The zero-order valence-electron chi connectivity index (χ0n) is 10.4. The first-order valence-electron chi connectivity index (χ1n) is 6.03. The molecule has 2 N–H and O–H groups in total.